The Hall–Kier alpha value is -3.33. The molecule has 1 amide bonds. The van der Waals surface area contributed by atoms with E-state index in [1.807, 2.05) is 33.3 Å². The lowest BCUT2D eigenvalue weighted by Gasteiger charge is -2.30. The summed E-state index contributed by atoms with van der Waals surface area (Å²) in [6.07, 6.45) is 82.0. The molecule has 0 aliphatic heterocycles. The first kappa shape index (κ1) is 77.7. The summed E-state index contributed by atoms with van der Waals surface area (Å²) in [5, 5.41) is 3.02. The van der Waals surface area contributed by atoms with Crippen LogP contribution in [-0.4, -0.2) is 69.4 Å². The number of allylic oxidation sites excluding steroid dienone is 17. The van der Waals surface area contributed by atoms with E-state index >= 15 is 0 Å². The summed E-state index contributed by atoms with van der Waals surface area (Å²) in [4.78, 5) is 40.1. The molecule has 0 aromatic heterocycles. The first-order chi connectivity index (χ1) is 39.4. The maximum Gasteiger partial charge on any atom is 0.306 e. The molecule has 466 valence electrons. The van der Waals surface area contributed by atoms with Gasteiger partial charge in [0.15, 0.2) is 0 Å². The number of esters is 1. The van der Waals surface area contributed by atoms with E-state index in [1.165, 1.54) is 116 Å². The molecule has 9 nitrogen and oxygen atoms in total. The minimum atomic E-state index is -4.71. The molecule has 10 heteroatoms. The van der Waals surface area contributed by atoms with Crippen molar-refractivity contribution >= 4 is 19.7 Å². The lowest BCUT2D eigenvalue weighted by molar-refractivity contribution is -0.870. The van der Waals surface area contributed by atoms with Gasteiger partial charge in [0.1, 0.15) is 19.3 Å². The molecule has 0 saturated heterocycles. The van der Waals surface area contributed by atoms with Crippen LogP contribution in [-0.2, 0) is 27.9 Å². The van der Waals surface area contributed by atoms with Gasteiger partial charge >= 0.3 is 5.97 Å². The molecule has 0 heterocycles. The first-order valence-electron chi connectivity index (χ1n) is 33.2. The second-order valence-electron chi connectivity index (χ2n) is 23.2. The molecule has 0 spiro atoms. The number of nitrogens with zero attached hydrogens (tertiary/aromatic N) is 1. The number of likely N-dealkylation sites (N-methyl/N-ethyl adjacent to an activating group) is 1. The summed E-state index contributed by atoms with van der Waals surface area (Å²) in [7, 11) is 1.16. The molecule has 1 N–H and O–H groups in total. The van der Waals surface area contributed by atoms with Gasteiger partial charge in [-0.05, 0) is 115 Å². The van der Waals surface area contributed by atoms with E-state index in [0.29, 0.717) is 23.9 Å². The van der Waals surface area contributed by atoms with Crippen LogP contribution >= 0.6 is 7.82 Å². The van der Waals surface area contributed by atoms with Gasteiger partial charge in [-0.3, -0.25) is 14.2 Å². The Kier molecular flexibility index (Phi) is 57.4. The van der Waals surface area contributed by atoms with Gasteiger partial charge in [-0.25, -0.2) is 0 Å². The van der Waals surface area contributed by atoms with Crippen molar-refractivity contribution in [2.24, 2.45) is 0 Å². The Morgan fingerprint density at radius 2 is 0.790 bits per heavy atom. The zero-order valence-corrected chi connectivity index (χ0v) is 54.1. The van der Waals surface area contributed by atoms with E-state index < -0.39 is 26.6 Å². The fraction of sp³-hybridized carbons (Fsp3) is 0.718. The maximum atomic E-state index is 13.5. The van der Waals surface area contributed by atoms with Crippen molar-refractivity contribution in [1.82, 2.24) is 5.32 Å². The molecule has 0 aliphatic rings. The third kappa shape index (κ3) is 61.1. The number of quaternary nitrogens is 1. The van der Waals surface area contributed by atoms with Crippen molar-refractivity contribution in [3.63, 3.8) is 0 Å². The molecule has 0 aromatic carbocycles. The zero-order valence-electron chi connectivity index (χ0n) is 53.2. The van der Waals surface area contributed by atoms with Crippen LogP contribution in [0.15, 0.2) is 109 Å². The fourth-order valence-electron chi connectivity index (χ4n) is 9.08. The average molecular weight is 1150 g/mol. The van der Waals surface area contributed by atoms with E-state index in [1.54, 1.807) is 0 Å². The Morgan fingerprint density at radius 1 is 0.444 bits per heavy atom. The minimum Gasteiger partial charge on any atom is -0.756 e. The quantitative estimate of drug-likeness (QED) is 0.0212. The molecule has 0 fully saturated rings. The number of hydrogen-bond donors (Lipinski definition) is 1. The summed E-state index contributed by atoms with van der Waals surface area (Å²) in [6, 6.07) is -0.902. The van der Waals surface area contributed by atoms with Gasteiger partial charge in [0.25, 0.3) is 7.82 Å². The van der Waals surface area contributed by atoms with Gasteiger partial charge in [0.05, 0.1) is 33.8 Å². The largest absolute Gasteiger partial charge is 0.756 e. The lowest BCUT2D eigenvalue weighted by atomic mass is 10.1. The highest BCUT2D eigenvalue weighted by Crippen LogP contribution is 2.38. The molecule has 81 heavy (non-hydrogen) atoms. The number of carbonyl (C=O) groups is 2. The number of phosphoric acid groups is 1. The van der Waals surface area contributed by atoms with Gasteiger partial charge in [-0.15, -0.1) is 0 Å². The minimum absolute atomic E-state index is 0.0302. The predicted octanol–water partition coefficient (Wildman–Crippen LogP) is 20.3. The van der Waals surface area contributed by atoms with E-state index in [9.17, 15) is 19.0 Å². The number of carbonyl (C=O) groups excluding carboxylic acids is 2. The van der Waals surface area contributed by atoms with Gasteiger partial charge in [-0.2, -0.15) is 0 Å². The van der Waals surface area contributed by atoms with Crippen molar-refractivity contribution in [2.75, 3.05) is 40.9 Å². The summed E-state index contributed by atoms with van der Waals surface area (Å²) >= 11 is 0. The number of rotatable bonds is 59. The van der Waals surface area contributed by atoms with Crippen LogP contribution in [0.1, 0.15) is 278 Å². The monoisotopic (exact) mass is 1150 g/mol. The number of amides is 1. The zero-order chi connectivity index (χ0) is 59.3. The summed E-state index contributed by atoms with van der Waals surface area (Å²) in [5.41, 5.74) is 0. The number of nitrogens with one attached hydrogen (secondary N) is 1. The van der Waals surface area contributed by atoms with E-state index in [0.717, 1.165) is 122 Å². The van der Waals surface area contributed by atoms with Gasteiger partial charge < -0.3 is 28.5 Å². The Morgan fingerprint density at radius 3 is 1.21 bits per heavy atom. The lowest BCUT2D eigenvalue weighted by Crippen LogP contribution is -2.47. The number of ether oxygens (including phenoxy) is 1. The smallest absolute Gasteiger partial charge is 0.306 e. The van der Waals surface area contributed by atoms with E-state index in [-0.39, 0.29) is 24.9 Å². The highest BCUT2D eigenvalue weighted by Gasteiger charge is 2.27. The topological polar surface area (TPSA) is 114 Å². The van der Waals surface area contributed by atoms with E-state index in [4.69, 9.17) is 13.8 Å². The Balaban J connectivity index is 5.11. The maximum absolute atomic E-state index is 13.5. The van der Waals surface area contributed by atoms with Gasteiger partial charge in [-0.1, -0.05) is 259 Å². The van der Waals surface area contributed by atoms with E-state index in [2.05, 4.69) is 123 Å². The van der Waals surface area contributed by atoms with Crippen LogP contribution in [0.25, 0.3) is 0 Å². The second kappa shape index (κ2) is 59.8. The van der Waals surface area contributed by atoms with Crippen LogP contribution in [0, 0.1) is 0 Å². The normalized spacial score (nSPS) is 14.3. The molecule has 3 unspecified atom stereocenters. The molecule has 3 atom stereocenters. The standard InChI is InChI=1S/C71H125N2O7P/c1-7-10-13-16-19-22-25-27-29-31-32-33-34-35-36-37-38-39-40-42-44-46-49-52-55-58-61-64-71(75)80-69(62-59-56-53-50-47-24-21-18-15-12-9-3)68(67-79-81(76,77)78-66-65-73(4,5)6)72-70(74)63-60-57-54-51-48-45-43-41-30-28-26-23-20-17-14-11-8-2/h10,13,19-20,22-23,27-30,32-33,35-36,38-39,59,62,68-69H,7-9,11-12,14-18,21,24-26,31,34,37,40-58,60-61,63-67H2,1-6H3,(H-,72,74,76,77)/b13-10-,22-19-,23-20-,29-27-,30-28-,33-32-,36-35-,39-38-,62-59-. The number of unbranched alkanes of at least 4 members (excludes halogenated alkanes) is 27. The van der Waals surface area contributed by atoms with Crippen molar-refractivity contribution in [3.8, 4) is 0 Å². The van der Waals surface area contributed by atoms with Crippen molar-refractivity contribution in [3.05, 3.63) is 109 Å². The third-order valence-corrected chi connectivity index (χ3v) is 15.2. The van der Waals surface area contributed by atoms with Crippen LogP contribution in [0.2, 0.25) is 0 Å². The Labute approximate surface area is 500 Å². The molecule has 0 radical (unpaired) electrons. The molecule has 0 bridgehead atoms. The van der Waals surface area contributed by atoms with Crippen LogP contribution in [0.5, 0.6) is 0 Å². The fourth-order valence-corrected chi connectivity index (χ4v) is 9.81. The molecular formula is C71H125N2O7P. The van der Waals surface area contributed by atoms with Crippen molar-refractivity contribution in [1.29, 1.82) is 0 Å². The molecule has 0 saturated carbocycles. The number of phosphoric ester groups is 1. The SMILES string of the molecule is CC/C=C\C/C=C\C/C=C\C/C=C\C/C=C\C/C=C\CCCCCCCCCCC(=O)OC(/C=C\CCCCCCCCCCC)C(COP(=O)([O-])OCC[N+](C)(C)C)NC(=O)CCCCCCCCC/C=C\C/C=C\CCCCC. The highest BCUT2D eigenvalue weighted by atomic mass is 31.2. The van der Waals surface area contributed by atoms with Crippen molar-refractivity contribution in [2.45, 2.75) is 290 Å². The molecular weight excluding hydrogens is 1020 g/mol. The summed E-state index contributed by atoms with van der Waals surface area (Å²) in [6.45, 7) is 6.69. The average Bonchev–Trinajstić information content (AvgIpc) is 3.44. The van der Waals surface area contributed by atoms with Gasteiger partial charge in [0.2, 0.25) is 5.91 Å². The van der Waals surface area contributed by atoms with Crippen LogP contribution in [0.4, 0.5) is 0 Å². The molecule has 0 aromatic rings. The molecule has 0 aliphatic carbocycles. The highest BCUT2D eigenvalue weighted by molar-refractivity contribution is 7.45. The van der Waals surface area contributed by atoms with Crippen molar-refractivity contribution < 1.29 is 37.3 Å². The number of hydrogen-bond acceptors (Lipinski definition) is 7. The van der Waals surface area contributed by atoms with Crippen LogP contribution in [0.3, 0.4) is 0 Å². The Bertz CT molecular complexity index is 1750. The first-order valence-corrected chi connectivity index (χ1v) is 34.7. The second-order valence-corrected chi connectivity index (χ2v) is 24.6. The molecule has 0 rings (SSSR count). The predicted molar refractivity (Wildman–Crippen MR) is 348 cm³/mol. The van der Waals surface area contributed by atoms with Gasteiger partial charge in [0, 0.05) is 12.8 Å². The summed E-state index contributed by atoms with van der Waals surface area (Å²) < 4.78 is 30.3. The summed E-state index contributed by atoms with van der Waals surface area (Å²) in [5.74, 6) is -0.563. The third-order valence-electron chi connectivity index (χ3n) is 14.2. The van der Waals surface area contributed by atoms with Crippen LogP contribution < -0.4 is 10.2 Å².